The van der Waals surface area contributed by atoms with E-state index in [0.29, 0.717) is 0 Å². The van der Waals surface area contributed by atoms with E-state index in [4.69, 9.17) is 0 Å². The van der Waals surface area contributed by atoms with Crippen LogP contribution in [-0.2, 0) is 35.9 Å². The van der Waals surface area contributed by atoms with E-state index in [1.807, 2.05) is 0 Å². The zero-order valence-corrected chi connectivity index (χ0v) is 5.40. The molecule has 0 radical (unpaired) electrons. The molecule has 0 rings (SSSR count). The topological polar surface area (TPSA) is 85.5 Å². The van der Waals surface area contributed by atoms with Crippen LogP contribution in [0.5, 0.6) is 0 Å². The molecule has 0 bridgehead atoms. The average Bonchev–Trinajstić information content (AvgIpc) is 0. The molecule has 4 heteroatoms. The molecule has 0 aliphatic heterocycles. The average molecular weight is 125 g/mol. The smallest absolute Gasteiger partial charge is 2.00 e. The summed E-state index contributed by atoms with van der Waals surface area (Å²) in [5.41, 5.74) is 0. The molecular formula is CO3Zn. The van der Waals surface area contributed by atoms with Gasteiger partial charge in [-0.3, -0.25) is 0 Å². The van der Waals surface area contributed by atoms with Gasteiger partial charge in [0.1, 0.15) is 0 Å². The molecule has 0 atom stereocenters. The number of hydrogen-bond donors (Lipinski definition) is 0. The van der Waals surface area contributed by atoms with Crippen molar-refractivity contribution in [1.82, 2.24) is 0 Å². The summed E-state index contributed by atoms with van der Waals surface area (Å²) in [4.78, 5) is 0. The molecule has 0 aromatic heterocycles. The summed E-state index contributed by atoms with van der Waals surface area (Å²) in [7, 11) is 0. The second kappa shape index (κ2) is 218. The van der Waals surface area contributed by atoms with Crippen molar-refractivity contribution in [2.24, 2.45) is 0 Å². The molecule has 0 aromatic carbocycles. The van der Waals surface area contributed by atoms with Crippen LogP contribution >= 0.6 is 0 Å². The summed E-state index contributed by atoms with van der Waals surface area (Å²) < 4.78 is 0. The molecule has 3 nitrogen and oxygen atoms in total. The fourth-order valence-corrected chi connectivity index (χ4v) is 0. The van der Waals surface area contributed by atoms with E-state index in [1.165, 1.54) is 0 Å². The minimum Gasteiger partial charge on any atom is -2.00 e. The van der Waals surface area contributed by atoms with E-state index in [-0.39, 0.29) is 43.3 Å². The Hall–Kier alpha value is 0.503. The molecule has 0 N–H and O–H groups in total. The van der Waals surface area contributed by atoms with Crippen molar-refractivity contribution < 1.29 is 35.9 Å². The van der Waals surface area contributed by atoms with Gasteiger partial charge in [0.25, 0.3) is 0 Å². The van der Waals surface area contributed by atoms with Gasteiger partial charge >= 0.3 is 26.9 Å². The Bertz CT molecular complexity index is 6.85. The molecule has 0 amide bonds. The Morgan fingerprint density at radius 2 is 0.600 bits per heavy atom. The largest absolute Gasteiger partial charge is 4.00 e. The molecule has 0 aliphatic rings. The minimum absolute atomic E-state index is 0. The maximum Gasteiger partial charge on any atom is 4.00 e. The van der Waals surface area contributed by atoms with E-state index >= 15 is 0 Å². The van der Waals surface area contributed by atoms with Gasteiger partial charge in [-0.15, -0.1) is 0 Å². The predicted molar refractivity (Wildman–Crippen MR) is 5.30 cm³/mol. The Morgan fingerprint density at radius 3 is 0.600 bits per heavy atom. The summed E-state index contributed by atoms with van der Waals surface area (Å²) in [5, 5.41) is 0. The Labute approximate surface area is 44.1 Å². The fraction of sp³-hybridized carbons (Fsp3) is 0. The Kier molecular flexibility index (Phi) is 19200. The van der Waals surface area contributed by atoms with Crippen molar-refractivity contribution in [1.29, 1.82) is 0 Å². The maximum atomic E-state index is 0. The van der Waals surface area contributed by atoms with Crippen LogP contribution in [0.1, 0.15) is 0 Å². The first-order valence-corrected chi connectivity index (χ1v) is 0. The van der Waals surface area contributed by atoms with Crippen LogP contribution in [0, 0.1) is 7.43 Å². The third kappa shape index (κ3) is 111. The molecule has 0 saturated carbocycles. The molecule has 0 spiro atoms. The quantitative estimate of drug-likeness (QED) is 0.399. The Morgan fingerprint density at radius 1 is 0.600 bits per heavy atom. The number of rotatable bonds is 0. The zero-order chi connectivity index (χ0) is 0. The fourth-order valence-electron chi connectivity index (χ4n) is 0. The maximum absolute atomic E-state index is 0. The zero-order valence-electron chi connectivity index (χ0n) is 2.43. The van der Waals surface area contributed by atoms with E-state index < -0.39 is 0 Å². The first-order chi connectivity index (χ1) is 0. The predicted octanol–water partition coefficient (Wildman–Crippen LogP) is -0.278. The van der Waals surface area contributed by atoms with Crippen molar-refractivity contribution in [3.63, 3.8) is 0 Å². The summed E-state index contributed by atoms with van der Waals surface area (Å²) in [6.07, 6.45) is 0. The first-order valence-electron chi connectivity index (χ1n) is 0. The van der Waals surface area contributed by atoms with Crippen LogP contribution in [0.25, 0.3) is 0 Å². The minimum atomic E-state index is 0. The normalized spacial score (nSPS) is 0. The summed E-state index contributed by atoms with van der Waals surface area (Å²) in [6.45, 7) is 0. The summed E-state index contributed by atoms with van der Waals surface area (Å²) in [5.74, 6) is 0. The third-order valence-corrected chi connectivity index (χ3v) is 0. The molecule has 5 heavy (non-hydrogen) atoms. The molecule has 0 aliphatic carbocycles. The van der Waals surface area contributed by atoms with Gasteiger partial charge in [0.2, 0.25) is 0 Å². The molecule has 0 heterocycles. The Balaban J connectivity index is 0. The van der Waals surface area contributed by atoms with Crippen molar-refractivity contribution in [2.75, 3.05) is 0 Å². The van der Waals surface area contributed by atoms with Gasteiger partial charge in [0, 0.05) is 0 Å². The third-order valence-electron chi connectivity index (χ3n) is 0. The van der Waals surface area contributed by atoms with Gasteiger partial charge in [0.05, 0.1) is 0 Å². The van der Waals surface area contributed by atoms with E-state index in [9.17, 15) is 0 Å². The molecular weight excluding hydrogens is 125 g/mol. The van der Waals surface area contributed by atoms with Crippen molar-refractivity contribution in [3.8, 4) is 0 Å². The van der Waals surface area contributed by atoms with Gasteiger partial charge in [0.15, 0.2) is 0 Å². The standard InChI is InChI=1S/C.3O.Zn/q+4;3*-2;+2. The molecule has 0 aromatic rings. The molecule has 0 fully saturated rings. The van der Waals surface area contributed by atoms with Gasteiger partial charge in [-0.1, -0.05) is 0 Å². The summed E-state index contributed by atoms with van der Waals surface area (Å²) >= 11 is 0. The van der Waals surface area contributed by atoms with E-state index in [1.54, 1.807) is 0 Å². The van der Waals surface area contributed by atoms with Gasteiger partial charge in [-0.25, -0.2) is 0 Å². The monoisotopic (exact) mass is 124 g/mol. The van der Waals surface area contributed by atoms with Crippen LogP contribution in [0.4, 0.5) is 0 Å². The van der Waals surface area contributed by atoms with Crippen LogP contribution in [0.15, 0.2) is 0 Å². The second-order valence-electron chi connectivity index (χ2n) is 0. The van der Waals surface area contributed by atoms with Gasteiger partial charge in [-0.2, -0.15) is 0 Å². The second-order valence-corrected chi connectivity index (χ2v) is 0. The first kappa shape index (κ1) is 440. The number of hydrogen-bond acceptors (Lipinski definition) is 0. The molecule has 24 valence electrons. The van der Waals surface area contributed by atoms with Crippen molar-refractivity contribution in [3.05, 3.63) is 7.43 Å². The summed E-state index contributed by atoms with van der Waals surface area (Å²) in [6, 6.07) is 0. The van der Waals surface area contributed by atoms with Gasteiger partial charge in [-0.05, 0) is 0 Å². The van der Waals surface area contributed by atoms with Crippen LogP contribution < -0.4 is 0 Å². The van der Waals surface area contributed by atoms with E-state index in [0.717, 1.165) is 0 Å². The van der Waals surface area contributed by atoms with Crippen LogP contribution in [-0.4, -0.2) is 0 Å². The van der Waals surface area contributed by atoms with Crippen molar-refractivity contribution in [2.45, 2.75) is 0 Å². The van der Waals surface area contributed by atoms with E-state index in [2.05, 4.69) is 0 Å². The molecule has 0 saturated heterocycles. The molecule has 0 unspecified atom stereocenters. The van der Waals surface area contributed by atoms with Gasteiger partial charge < -0.3 is 16.4 Å². The van der Waals surface area contributed by atoms with Crippen molar-refractivity contribution >= 4 is 0 Å². The van der Waals surface area contributed by atoms with Crippen LogP contribution in [0.2, 0.25) is 0 Å². The SMILES string of the molecule is [C+4].[O-2].[O-2].[O-2].[Zn+2]. The van der Waals surface area contributed by atoms with Crippen LogP contribution in [0.3, 0.4) is 0 Å².